The Labute approximate surface area is 85.0 Å². The van der Waals surface area contributed by atoms with Crippen LogP contribution in [0, 0.1) is 11.6 Å². The molecule has 0 saturated carbocycles. The number of benzene rings is 1. The lowest BCUT2D eigenvalue weighted by atomic mass is 9.84. The molecule has 0 spiro atoms. The lowest BCUT2D eigenvalue weighted by Crippen LogP contribution is -2.63. The lowest BCUT2D eigenvalue weighted by Gasteiger charge is -2.39. The summed E-state index contributed by atoms with van der Waals surface area (Å²) in [6.07, 6.45) is 0. The standard InChI is InChI=1S/C9H9ClF2N2/c10-5-1-6(11)8(7(12)2-5)9(13)3-14-4-9/h1-2,14H,3-4,13H2. The van der Waals surface area contributed by atoms with E-state index in [1.54, 1.807) is 0 Å². The summed E-state index contributed by atoms with van der Waals surface area (Å²) in [5.74, 6) is -1.36. The van der Waals surface area contributed by atoms with Crippen molar-refractivity contribution in [3.63, 3.8) is 0 Å². The highest BCUT2D eigenvalue weighted by atomic mass is 35.5. The second-order valence-corrected chi connectivity index (χ2v) is 3.94. The third-order valence-electron chi connectivity index (χ3n) is 2.39. The zero-order valence-electron chi connectivity index (χ0n) is 7.28. The third kappa shape index (κ3) is 1.39. The van der Waals surface area contributed by atoms with Crippen LogP contribution in [0.15, 0.2) is 12.1 Å². The summed E-state index contributed by atoms with van der Waals surface area (Å²) in [5, 5.41) is 2.92. The molecular formula is C9H9ClF2N2. The minimum Gasteiger partial charge on any atom is -0.319 e. The van der Waals surface area contributed by atoms with E-state index in [0.717, 1.165) is 12.1 Å². The number of hydrogen-bond donors (Lipinski definition) is 2. The molecular weight excluding hydrogens is 210 g/mol. The molecule has 0 atom stereocenters. The van der Waals surface area contributed by atoms with Crippen molar-refractivity contribution in [2.45, 2.75) is 5.54 Å². The summed E-state index contributed by atoms with van der Waals surface area (Å²) in [6.45, 7) is 0.755. The predicted octanol–water partition coefficient (Wildman–Crippen LogP) is 1.38. The van der Waals surface area contributed by atoms with Crippen LogP contribution in [-0.2, 0) is 5.54 Å². The Bertz CT molecular complexity index is 354. The summed E-state index contributed by atoms with van der Waals surface area (Å²) in [4.78, 5) is 0. The van der Waals surface area contributed by atoms with Crippen LogP contribution in [0.3, 0.4) is 0 Å². The van der Waals surface area contributed by atoms with Gasteiger partial charge in [-0.05, 0) is 12.1 Å². The lowest BCUT2D eigenvalue weighted by molar-refractivity contribution is 0.267. The van der Waals surface area contributed by atoms with Crippen molar-refractivity contribution in [1.82, 2.24) is 5.32 Å². The number of nitrogens with one attached hydrogen (secondary N) is 1. The topological polar surface area (TPSA) is 38.0 Å². The summed E-state index contributed by atoms with van der Waals surface area (Å²) in [5.41, 5.74) is 4.78. The van der Waals surface area contributed by atoms with Gasteiger partial charge in [0.15, 0.2) is 0 Å². The highest BCUT2D eigenvalue weighted by molar-refractivity contribution is 6.30. The molecule has 0 bridgehead atoms. The molecule has 1 aliphatic rings. The molecule has 1 heterocycles. The van der Waals surface area contributed by atoms with Gasteiger partial charge in [0.2, 0.25) is 0 Å². The first-order valence-electron chi connectivity index (χ1n) is 4.17. The second kappa shape index (κ2) is 3.15. The molecule has 1 aliphatic heterocycles. The molecule has 1 aromatic carbocycles. The largest absolute Gasteiger partial charge is 0.319 e. The fourth-order valence-corrected chi connectivity index (χ4v) is 1.78. The van der Waals surface area contributed by atoms with E-state index in [2.05, 4.69) is 5.32 Å². The highest BCUT2D eigenvalue weighted by Gasteiger charge is 2.39. The highest BCUT2D eigenvalue weighted by Crippen LogP contribution is 2.29. The minimum absolute atomic E-state index is 0.0413. The maximum absolute atomic E-state index is 13.4. The van der Waals surface area contributed by atoms with Crippen LogP contribution in [0.25, 0.3) is 0 Å². The van der Waals surface area contributed by atoms with Crippen LogP contribution in [0.5, 0.6) is 0 Å². The molecule has 3 N–H and O–H groups in total. The number of rotatable bonds is 1. The van der Waals surface area contributed by atoms with Crippen molar-refractivity contribution < 1.29 is 8.78 Å². The van der Waals surface area contributed by atoms with Crippen molar-refractivity contribution in [2.24, 2.45) is 5.73 Å². The van der Waals surface area contributed by atoms with Gasteiger partial charge in [-0.3, -0.25) is 0 Å². The average molecular weight is 219 g/mol. The van der Waals surface area contributed by atoms with Crippen LogP contribution in [-0.4, -0.2) is 13.1 Å². The van der Waals surface area contributed by atoms with Gasteiger partial charge in [-0.25, -0.2) is 8.78 Å². The molecule has 76 valence electrons. The van der Waals surface area contributed by atoms with Gasteiger partial charge >= 0.3 is 0 Å². The first-order valence-corrected chi connectivity index (χ1v) is 4.55. The summed E-state index contributed by atoms with van der Waals surface area (Å²) >= 11 is 5.50. The molecule has 5 heteroatoms. The Hall–Kier alpha value is -0.710. The van der Waals surface area contributed by atoms with E-state index < -0.39 is 17.2 Å². The third-order valence-corrected chi connectivity index (χ3v) is 2.60. The normalized spacial score (nSPS) is 19.1. The van der Waals surface area contributed by atoms with E-state index in [9.17, 15) is 8.78 Å². The van der Waals surface area contributed by atoms with Crippen molar-refractivity contribution in [2.75, 3.05) is 13.1 Å². The molecule has 1 aromatic rings. The smallest absolute Gasteiger partial charge is 0.132 e. The van der Waals surface area contributed by atoms with E-state index in [0.29, 0.717) is 13.1 Å². The number of halogens is 3. The van der Waals surface area contributed by atoms with E-state index in [4.69, 9.17) is 17.3 Å². The maximum Gasteiger partial charge on any atom is 0.132 e. The van der Waals surface area contributed by atoms with Gasteiger partial charge < -0.3 is 11.1 Å². The Morgan fingerprint density at radius 3 is 2.14 bits per heavy atom. The van der Waals surface area contributed by atoms with Gasteiger partial charge in [0.05, 0.1) is 5.54 Å². The quantitative estimate of drug-likeness (QED) is 0.747. The average Bonchev–Trinajstić information content (AvgIpc) is 1.99. The van der Waals surface area contributed by atoms with E-state index >= 15 is 0 Å². The van der Waals surface area contributed by atoms with Gasteiger partial charge in [0, 0.05) is 23.7 Å². The van der Waals surface area contributed by atoms with Crippen LogP contribution in [0.1, 0.15) is 5.56 Å². The minimum atomic E-state index is -0.932. The Kier molecular flexibility index (Phi) is 2.21. The Balaban J connectivity index is 2.52. The van der Waals surface area contributed by atoms with Crippen LogP contribution < -0.4 is 11.1 Å². The Morgan fingerprint density at radius 2 is 1.79 bits per heavy atom. The molecule has 0 unspecified atom stereocenters. The molecule has 0 radical (unpaired) electrons. The monoisotopic (exact) mass is 218 g/mol. The predicted molar refractivity (Wildman–Crippen MR) is 50.1 cm³/mol. The zero-order chi connectivity index (χ0) is 10.3. The van der Waals surface area contributed by atoms with E-state index in [1.165, 1.54) is 0 Å². The molecule has 0 aromatic heterocycles. The van der Waals surface area contributed by atoms with E-state index in [1.807, 2.05) is 0 Å². The van der Waals surface area contributed by atoms with Gasteiger partial charge in [-0.2, -0.15) is 0 Å². The van der Waals surface area contributed by atoms with Gasteiger partial charge in [0.25, 0.3) is 0 Å². The summed E-state index contributed by atoms with van der Waals surface area (Å²) in [7, 11) is 0. The van der Waals surface area contributed by atoms with Gasteiger partial charge in [-0.15, -0.1) is 0 Å². The second-order valence-electron chi connectivity index (χ2n) is 3.50. The fraction of sp³-hybridized carbons (Fsp3) is 0.333. The van der Waals surface area contributed by atoms with E-state index in [-0.39, 0.29) is 10.6 Å². The molecule has 1 saturated heterocycles. The zero-order valence-corrected chi connectivity index (χ0v) is 8.04. The van der Waals surface area contributed by atoms with Gasteiger partial charge in [0.1, 0.15) is 11.6 Å². The molecule has 0 aliphatic carbocycles. The summed E-state index contributed by atoms with van der Waals surface area (Å²) < 4.78 is 26.8. The maximum atomic E-state index is 13.4. The molecule has 0 amide bonds. The van der Waals surface area contributed by atoms with Crippen molar-refractivity contribution in [3.8, 4) is 0 Å². The van der Waals surface area contributed by atoms with Crippen molar-refractivity contribution in [1.29, 1.82) is 0 Å². The first kappa shape index (κ1) is 9.83. The number of nitrogens with two attached hydrogens (primary N) is 1. The summed E-state index contributed by atoms with van der Waals surface area (Å²) in [6, 6.07) is 2.15. The SMILES string of the molecule is NC1(c2c(F)cc(Cl)cc2F)CNC1. The molecule has 2 nitrogen and oxygen atoms in total. The van der Waals surface area contributed by atoms with Crippen molar-refractivity contribution in [3.05, 3.63) is 34.4 Å². The van der Waals surface area contributed by atoms with Crippen LogP contribution in [0.2, 0.25) is 5.02 Å². The first-order chi connectivity index (χ1) is 6.53. The molecule has 1 fully saturated rings. The fourth-order valence-electron chi connectivity index (χ4n) is 1.59. The van der Waals surface area contributed by atoms with Gasteiger partial charge in [-0.1, -0.05) is 11.6 Å². The number of hydrogen-bond acceptors (Lipinski definition) is 2. The molecule has 14 heavy (non-hydrogen) atoms. The van der Waals surface area contributed by atoms with Crippen LogP contribution >= 0.6 is 11.6 Å². The van der Waals surface area contributed by atoms with Crippen molar-refractivity contribution >= 4 is 11.6 Å². The Morgan fingerprint density at radius 1 is 1.29 bits per heavy atom. The molecule has 2 rings (SSSR count). The van der Waals surface area contributed by atoms with Crippen LogP contribution in [0.4, 0.5) is 8.78 Å².